The van der Waals surface area contributed by atoms with E-state index in [1.165, 1.54) is 11.8 Å². The molecule has 0 radical (unpaired) electrons. The minimum absolute atomic E-state index is 0.0837. The fourth-order valence-corrected chi connectivity index (χ4v) is 4.15. The number of thioether (sulfide) groups is 1. The van der Waals surface area contributed by atoms with Crippen LogP contribution in [0.15, 0.2) is 34.1 Å². The van der Waals surface area contributed by atoms with Gasteiger partial charge in [0.15, 0.2) is 0 Å². The molecule has 1 N–H and O–H groups in total. The SMILES string of the molecule is Cc1ccccc1NC(=O)CSc1nc(=O)n(CCN(C)C)c2c1CCC2. The molecule has 1 aliphatic carbocycles. The number of hydrogen-bond acceptors (Lipinski definition) is 5. The highest BCUT2D eigenvalue weighted by atomic mass is 32.2. The van der Waals surface area contributed by atoms with Crippen molar-refractivity contribution in [1.82, 2.24) is 14.5 Å². The van der Waals surface area contributed by atoms with Crippen LogP contribution in [0.3, 0.4) is 0 Å². The molecule has 0 aliphatic heterocycles. The Kier molecular flexibility index (Phi) is 6.34. The number of aromatic nitrogens is 2. The lowest BCUT2D eigenvalue weighted by Gasteiger charge is -2.16. The summed E-state index contributed by atoms with van der Waals surface area (Å²) < 4.78 is 1.81. The van der Waals surface area contributed by atoms with Crippen molar-refractivity contribution in [2.45, 2.75) is 37.8 Å². The summed E-state index contributed by atoms with van der Waals surface area (Å²) in [5.74, 6) is 0.161. The number of rotatable bonds is 7. The maximum atomic E-state index is 12.5. The standard InChI is InChI=1S/C20H26N4O2S/c1-14-7-4-5-9-16(14)21-18(25)13-27-19-15-8-6-10-17(15)24(20(26)22-19)12-11-23(2)3/h4-5,7,9H,6,8,10-13H2,1-3H3,(H,21,25). The van der Waals surface area contributed by atoms with Crippen molar-refractivity contribution in [2.75, 3.05) is 31.7 Å². The summed E-state index contributed by atoms with van der Waals surface area (Å²) in [7, 11) is 3.99. The number of nitrogens with zero attached hydrogens (tertiary/aromatic N) is 3. The number of nitrogens with one attached hydrogen (secondary N) is 1. The van der Waals surface area contributed by atoms with Crippen LogP contribution in [0.1, 0.15) is 23.2 Å². The molecule has 0 atom stereocenters. The minimum atomic E-state index is -0.209. The Bertz CT molecular complexity index is 892. The quantitative estimate of drug-likeness (QED) is 0.584. The van der Waals surface area contributed by atoms with Gasteiger partial charge in [0.1, 0.15) is 5.03 Å². The van der Waals surface area contributed by atoms with E-state index in [-0.39, 0.29) is 17.3 Å². The van der Waals surface area contributed by atoms with Crippen molar-refractivity contribution in [3.05, 3.63) is 51.6 Å². The molecular formula is C20H26N4O2S. The van der Waals surface area contributed by atoms with Gasteiger partial charge in [0.25, 0.3) is 0 Å². The van der Waals surface area contributed by atoms with Crippen LogP contribution in [0.25, 0.3) is 0 Å². The fourth-order valence-electron chi connectivity index (χ4n) is 3.27. The first-order chi connectivity index (χ1) is 13.0. The van der Waals surface area contributed by atoms with E-state index in [1.807, 2.05) is 45.3 Å². The molecule has 3 rings (SSSR count). The molecule has 1 amide bonds. The zero-order valence-electron chi connectivity index (χ0n) is 16.1. The Balaban J connectivity index is 1.71. The van der Waals surface area contributed by atoms with Crippen LogP contribution in [0, 0.1) is 6.92 Å². The van der Waals surface area contributed by atoms with E-state index in [4.69, 9.17) is 0 Å². The molecule has 0 bridgehead atoms. The summed E-state index contributed by atoms with van der Waals surface area (Å²) in [5, 5.41) is 3.65. The van der Waals surface area contributed by atoms with Crippen LogP contribution in [-0.4, -0.2) is 46.8 Å². The van der Waals surface area contributed by atoms with Gasteiger partial charge in [-0.2, -0.15) is 4.98 Å². The predicted octanol–water partition coefficient (Wildman–Crippen LogP) is 2.33. The van der Waals surface area contributed by atoms with Gasteiger partial charge in [-0.25, -0.2) is 4.79 Å². The second-order valence-electron chi connectivity index (χ2n) is 7.09. The summed E-state index contributed by atoms with van der Waals surface area (Å²) >= 11 is 1.36. The van der Waals surface area contributed by atoms with Crippen LogP contribution in [0.2, 0.25) is 0 Å². The van der Waals surface area contributed by atoms with Gasteiger partial charge in [0.05, 0.1) is 5.75 Å². The smallest absolute Gasteiger partial charge is 0.325 e. The van der Waals surface area contributed by atoms with E-state index in [1.54, 1.807) is 4.57 Å². The van der Waals surface area contributed by atoms with Crippen molar-refractivity contribution < 1.29 is 4.79 Å². The monoisotopic (exact) mass is 386 g/mol. The van der Waals surface area contributed by atoms with Crippen LogP contribution in [-0.2, 0) is 24.2 Å². The molecular weight excluding hydrogens is 360 g/mol. The molecule has 0 unspecified atom stereocenters. The molecule has 2 aromatic rings. The first-order valence-electron chi connectivity index (χ1n) is 9.21. The lowest BCUT2D eigenvalue weighted by atomic mass is 10.2. The van der Waals surface area contributed by atoms with E-state index >= 15 is 0 Å². The number of aryl methyl sites for hydroxylation is 1. The third-order valence-corrected chi connectivity index (χ3v) is 5.75. The van der Waals surface area contributed by atoms with Crippen LogP contribution >= 0.6 is 11.8 Å². The summed E-state index contributed by atoms with van der Waals surface area (Å²) in [6, 6.07) is 7.69. The Morgan fingerprint density at radius 1 is 1.30 bits per heavy atom. The second-order valence-corrected chi connectivity index (χ2v) is 8.05. The topological polar surface area (TPSA) is 67.2 Å². The van der Waals surface area contributed by atoms with Crippen LogP contribution in [0.4, 0.5) is 5.69 Å². The van der Waals surface area contributed by atoms with Gasteiger partial charge in [-0.15, -0.1) is 0 Å². The van der Waals surface area contributed by atoms with Crippen molar-refractivity contribution >= 4 is 23.4 Å². The number of anilines is 1. The molecule has 0 saturated carbocycles. The van der Waals surface area contributed by atoms with Crippen LogP contribution < -0.4 is 11.0 Å². The van der Waals surface area contributed by atoms with Crippen molar-refractivity contribution in [3.8, 4) is 0 Å². The maximum Gasteiger partial charge on any atom is 0.348 e. The number of para-hydroxylation sites is 1. The highest BCUT2D eigenvalue weighted by molar-refractivity contribution is 8.00. The molecule has 0 spiro atoms. The average molecular weight is 387 g/mol. The van der Waals surface area contributed by atoms with Crippen LogP contribution in [0.5, 0.6) is 0 Å². The zero-order chi connectivity index (χ0) is 19.4. The third kappa shape index (κ3) is 4.78. The number of likely N-dealkylation sites (N-methyl/N-ethyl adjacent to an activating group) is 1. The summed E-state index contributed by atoms with van der Waals surface area (Å²) in [6.07, 6.45) is 2.86. The van der Waals surface area contributed by atoms with Crippen molar-refractivity contribution in [2.24, 2.45) is 0 Å². The van der Waals surface area contributed by atoms with Gasteiger partial charge < -0.3 is 10.2 Å². The molecule has 1 heterocycles. The van der Waals surface area contributed by atoms with E-state index in [9.17, 15) is 9.59 Å². The molecule has 0 fully saturated rings. The van der Waals surface area contributed by atoms with Crippen molar-refractivity contribution in [1.29, 1.82) is 0 Å². The van der Waals surface area contributed by atoms with E-state index in [0.717, 1.165) is 48.3 Å². The highest BCUT2D eigenvalue weighted by Crippen LogP contribution is 2.29. The molecule has 7 heteroatoms. The van der Waals surface area contributed by atoms with E-state index in [2.05, 4.69) is 15.2 Å². The van der Waals surface area contributed by atoms with Gasteiger partial charge in [-0.05, 0) is 51.9 Å². The first kappa shape index (κ1) is 19.6. The highest BCUT2D eigenvalue weighted by Gasteiger charge is 2.22. The predicted molar refractivity (Wildman–Crippen MR) is 110 cm³/mol. The first-order valence-corrected chi connectivity index (χ1v) is 10.2. The number of carbonyl (C=O) groups excluding carboxylic acids is 1. The Morgan fingerprint density at radius 3 is 2.81 bits per heavy atom. The molecule has 1 aliphatic rings. The number of benzene rings is 1. The molecule has 144 valence electrons. The Labute approximate surface area is 164 Å². The number of amides is 1. The minimum Gasteiger partial charge on any atom is -0.325 e. The van der Waals surface area contributed by atoms with E-state index in [0.29, 0.717) is 11.6 Å². The average Bonchev–Trinajstić information content (AvgIpc) is 3.10. The molecule has 0 saturated heterocycles. The number of fused-ring (bicyclic) bond motifs is 1. The summed E-state index contributed by atoms with van der Waals surface area (Å²) in [4.78, 5) is 31.2. The Morgan fingerprint density at radius 2 is 2.07 bits per heavy atom. The summed E-state index contributed by atoms with van der Waals surface area (Å²) in [5.41, 5.74) is 3.87. The lowest BCUT2D eigenvalue weighted by Crippen LogP contribution is -2.31. The molecule has 1 aromatic carbocycles. The lowest BCUT2D eigenvalue weighted by molar-refractivity contribution is -0.113. The fraction of sp³-hybridized carbons (Fsp3) is 0.450. The van der Waals surface area contributed by atoms with Gasteiger partial charge in [-0.3, -0.25) is 9.36 Å². The molecule has 1 aromatic heterocycles. The van der Waals surface area contributed by atoms with Gasteiger partial charge in [0.2, 0.25) is 5.91 Å². The van der Waals surface area contributed by atoms with Gasteiger partial charge >= 0.3 is 5.69 Å². The van der Waals surface area contributed by atoms with E-state index < -0.39 is 0 Å². The normalized spacial score (nSPS) is 13.0. The zero-order valence-corrected chi connectivity index (χ0v) is 16.9. The maximum absolute atomic E-state index is 12.5. The largest absolute Gasteiger partial charge is 0.348 e. The molecule has 6 nitrogen and oxygen atoms in total. The number of carbonyl (C=O) groups is 1. The van der Waals surface area contributed by atoms with Gasteiger partial charge in [0, 0.05) is 30.0 Å². The Hall–Kier alpha value is -2.12. The van der Waals surface area contributed by atoms with Crippen molar-refractivity contribution in [3.63, 3.8) is 0 Å². The number of hydrogen-bond donors (Lipinski definition) is 1. The second kappa shape index (κ2) is 8.71. The third-order valence-electron chi connectivity index (χ3n) is 4.73. The van der Waals surface area contributed by atoms with Gasteiger partial charge in [-0.1, -0.05) is 30.0 Å². The summed E-state index contributed by atoms with van der Waals surface area (Å²) in [6.45, 7) is 3.42. The molecule has 27 heavy (non-hydrogen) atoms.